The maximum absolute atomic E-state index is 12.5. The van der Waals surface area contributed by atoms with Crippen molar-refractivity contribution in [3.8, 4) is 11.8 Å². The van der Waals surface area contributed by atoms with Crippen molar-refractivity contribution < 1.29 is 9.53 Å². The SMILES string of the molecule is CC(C)Oc1cccc(NC(=O)c2ccc3cc(C#N)ccc3c2)c1. The van der Waals surface area contributed by atoms with Crippen LogP contribution < -0.4 is 10.1 Å². The Labute approximate surface area is 146 Å². The molecule has 0 saturated carbocycles. The van der Waals surface area contributed by atoms with Crippen LogP contribution in [-0.2, 0) is 0 Å². The van der Waals surface area contributed by atoms with Crippen molar-refractivity contribution in [1.82, 2.24) is 0 Å². The molecule has 3 rings (SSSR count). The summed E-state index contributed by atoms with van der Waals surface area (Å²) in [5.41, 5.74) is 1.85. The third-order valence-corrected chi connectivity index (χ3v) is 3.70. The molecule has 4 heteroatoms. The van der Waals surface area contributed by atoms with Crippen LogP contribution in [0, 0.1) is 11.3 Å². The van der Waals surface area contributed by atoms with E-state index in [1.54, 1.807) is 18.2 Å². The average Bonchev–Trinajstić information content (AvgIpc) is 2.60. The summed E-state index contributed by atoms with van der Waals surface area (Å²) >= 11 is 0. The van der Waals surface area contributed by atoms with Crippen LogP contribution in [0.25, 0.3) is 10.8 Å². The van der Waals surface area contributed by atoms with E-state index in [1.165, 1.54) is 0 Å². The first-order valence-corrected chi connectivity index (χ1v) is 8.07. The zero-order valence-electron chi connectivity index (χ0n) is 14.1. The summed E-state index contributed by atoms with van der Waals surface area (Å²) in [6.07, 6.45) is 0.0738. The highest BCUT2D eigenvalue weighted by molar-refractivity contribution is 6.06. The Morgan fingerprint density at radius 1 is 1.04 bits per heavy atom. The van der Waals surface area contributed by atoms with Crippen molar-refractivity contribution in [1.29, 1.82) is 5.26 Å². The lowest BCUT2D eigenvalue weighted by Crippen LogP contribution is -2.12. The fourth-order valence-corrected chi connectivity index (χ4v) is 2.58. The predicted molar refractivity (Wildman–Crippen MR) is 98.8 cm³/mol. The van der Waals surface area contributed by atoms with Crippen LogP contribution in [0.3, 0.4) is 0 Å². The lowest BCUT2D eigenvalue weighted by atomic mass is 10.0. The monoisotopic (exact) mass is 330 g/mol. The molecule has 0 saturated heterocycles. The zero-order chi connectivity index (χ0) is 17.8. The summed E-state index contributed by atoms with van der Waals surface area (Å²) in [5, 5.41) is 13.7. The van der Waals surface area contributed by atoms with Gasteiger partial charge in [0.05, 0.1) is 17.7 Å². The predicted octanol–water partition coefficient (Wildman–Crippen LogP) is 4.75. The highest BCUT2D eigenvalue weighted by atomic mass is 16.5. The molecule has 0 heterocycles. The van der Waals surface area contributed by atoms with Gasteiger partial charge in [0.1, 0.15) is 5.75 Å². The summed E-state index contributed by atoms with van der Waals surface area (Å²) in [6, 6.07) is 20.3. The van der Waals surface area contributed by atoms with E-state index in [9.17, 15) is 4.79 Å². The Morgan fingerprint density at radius 3 is 2.56 bits per heavy atom. The number of nitrogens with zero attached hydrogens (tertiary/aromatic N) is 1. The van der Waals surface area contributed by atoms with Crippen molar-refractivity contribution in [2.75, 3.05) is 5.32 Å². The quantitative estimate of drug-likeness (QED) is 0.751. The number of benzene rings is 3. The van der Waals surface area contributed by atoms with Gasteiger partial charge in [0.25, 0.3) is 5.91 Å². The van der Waals surface area contributed by atoms with E-state index in [1.807, 2.05) is 56.3 Å². The molecule has 0 aromatic heterocycles. The molecule has 0 atom stereocenters. The number of hydrogen-bond donors (Lipinski definition) is 1. The van der Waals surface area contributed by atoms with E-state index in [2.05, 4.69) is 11.4 Å². The number of nitriles is 1. The average molecular weight is 330 g/mol. The molecule has 3 aromatic carbocycles. The number of carbonyl (C=O) groups is 1. The van der Waals surface area contributed by atoms with E-state index in [4.69, 9.17) is 10.00 Å². The third-order valence-electron chi connectivity index (χ3n) is 3.70. The molecule has 0 spiro atoms. The van der Waals surface area contributed by atoms with Gasteiger partial charge in [-0.2, -0.15) is 5.26 Å². The number of anilines is 1. The largest absolute Gasteiger partial charge is 0.491 e. The van der Waals surface area contributed by atoms with Crippen molar-refractivity contribution >= 4 is 22.4 Å². The molecule has 0 bridgehead atoms. The Balaban J connectivity index is 1.81. The first kappa shape index (κ1) is 16.5. The lowest BCUT2D eigenvalue weighted by Gasteiger charge is -2.11. The fourth-order valence-electron chi connectivity index (χ4n) is 2.58. The smallest absolute Gasteiger partial charge is 0.255 e. The molecule has 124 valence electrons. The molecule has 3 aromatic rings. The van der Waals surface area contributed by atoms with Crippen LogP contribution in [0.4, 0.5) is 5.69 Å². The van der Waals surface area contributed by atoms with Crippen molar-refractivity contribution in [3.05, 3.63) is 71.8 Å². The summed E-state index contributed by atoms with van der Waals surface area (Å²) < 4.78 is 5.64. The van der Waals surface area contributed by atoms with Gasteiger partial charge in [0.15, 0.2) is 0 Å². The van der Waals surface area contributed by atoms with Crippen LogP contribution in [-0.4, -0.2) is 12.0 Å². The molecule has 25 heavy (non-hydrogen) atoms. The molecule has 1 amide bonds. The number of fused-ring (bicyclic) bond motifs is 1. The number of amides is 1. The molecule has 0 aliphatic carbocycles. The van der Waals surface area contributed by atoms with E-state index in [-0.39, 0.29) is 12.0 Å². The molecular formula is C21H18N2O2. The van der Waals surface area contributed by atoms with Gasteiger partial charge in [-0.05, 0) is 61.0 Å². The van der Waals surface area contributed by atoms with Crippen LogP contribution in [0.1, 0.15) is 29.8 Å². The van der Waals surface area contributed by atoms with Gasteiger partial charge in [0, 0.05) is 17.3 Å². The number of ether oxygens (including phenoxy) is 1. The second-order valence-electron chi connectivity index (χ2n) is 6.04. The Bertz CT molecular complexity index is 971. The minimum absolute atomic E-state index is 0.0738. The lowest BCUT2D eigenvalue weighted by molar-refractivity contribution is 0.102. The van der Waals surface area contributed by atoms with E-state index >= 15 is 0 Å². The van der Waals surface area contributed by atoms with Gasteiger partial charge >= 0.3 is 0 Å². The van der Waals surface area contributed by atoms with E-state index in [0.29, 0.717) is 16.8 Å². The first-order chi connectivity index (χ1) is 12.0. The van der Waals surface area contributed by atoms with Crippen LogP contribution >= 0.6 is 0 Å². The van der Waals surface area contributed by atoms with Crippen LogP contribution in [0.15, 0.2) is 60.7 Å². The van der Waals surface area contributed by atoms with Crippen LogP contribution in [0.2, 0.25) is 0 Å². The second-order valence-corrected chi connectivity index (χ2v) is 6.04. The van der Waals surface area contributed by atoms with Crippen molar-refractivity contribution in [2.24, 2.45) is 0 Å². The number of hydrogen-bond acceptors (Lipinski definition) is 3. The summed E-state index contributed by atoms with van der Waals surface area (Å²) in [5.74, 6) is 0.531. The standard InChI is InChI=1S/C21H18N2O2/c1-14(2)25-20-5-3-4-19(12-20)23-21(24)18-9-8-16-10-15(13-22)6-7-17(16)11-18/h3-12,14H,1-2H3,(H,23,24). The molecule has 1 N–H and O–H groups in total. The maximum atomic E-state index is 12.5. The summed E-state index contributed by atoms with van der Waals surface area (Å²) in [6.45, 7) is 3.91. The molecule has 4 nitrogen and oxygen atoms in total. The van der Waals surface area contributed by atoms with E-state index < -0.39 is 0 Å². The molecule has 0 aliphatic rings. The maximum Gasteiger partial charge on any atom is 0.255 e. The normalized spacial score (nSPS) is 10.5. The first-order valence-electron chi connectivity index (χ1n) is 8.07. The minimum atomic E-state index is -0.187. The minimum Gasteiger partial charge on any atom is -0.491 e. The number of carbonyl (C=O) groups excluding carboxylic acids is 1. The van der Waals surface area contributed by atoms with Crippen molar-refractivity contribution in [2.45, 2.75) is 20.0 Å². The topological polar surface area (TPSA) is 62.1 Å². The highest BCUT2D eigenvalue weighted by Gasteiger charge is 2.08. The molecule has 0 aliphatic heterocycles. The Kier molecular flexibility index (Phi) is 4.67. The van der Waals surface area contributed by atoms with Gasteiger partial charge in [-0.1, -0.05) is 18.2 Å². The molecule has 0 radical (unpaired) electrons. The summed E-state index contributed by atoms with van der Waals surface area (Å²) in [7, 11) is 0. The number of rotatable bonds is 4. The van der Waals surface area contributed by atoms with Gasteiger partial charge in [0.2, 0.25) is 0 Å². The Hall–Kier alpha value is -3.32. The molecule has 0 fully saturated rings. The molecular weight excluding hydrogens is 312 g/mol. The highest BCUT2D eigenvalue weighted by Crippen LogP contribution is 2.21. The van der Waals surface area contributed by atoms with Gasteiger partial charge < -0.3 is 10.1 Å². The Morgan fingerprint density at radius 2 is 1.80 bits per heavy atom. The second kappa shape index (κ2) is 7.06. The molecule has 0 unspecified atom stereocenters. The van der Waals surface area contributed by atoms with Gasteiger partial charge in [-0.3, -0.25) is 4.79 Å². The van der Waals surface area contributed by atoms with Gasteiger partial charge in [-0.25, -0.2) is 0 Å². The summed E-state index contributed by atoms with van der Waals surface area (Å²) in [4.78, 5) is 12.5. The van der Waals surface area contributed by atoms with Gasteiger partial charge in [-0.15, -0.1) is 0 Å². The van der Waals surface area contributed by atoms with Crippen molar-refractivity contribution in [3.63, 3.8) is 0 Å². The zero-order valence-corrected chi connectivity index (χ0v) is 14.1. The third kappa shape index (κ3) is 3.96. The van der Waals surface area contributed by atoms with E-state index in [0.717, 1.165) is 16.5 Å². The van der Waals surface area contributed by atoms with Crippen LogP contribution in [0.5, 0.6) is 5.75 Å². The number of nitrogens with one attached hydrogen (secondary N) is 1. The fraction of sp³-hybridized carbons (Fsp3) is 0.143.